The zero-order valence-electron chi connectivity index (χ0n) is 11.9. The largest absolute Gasteiger partial charge is 0.373 e. The van der Waals surface area contributed by atoms with Crippen LogP contribution in [0.15, 0.2) is 18.2 Å². The van der Waals surface area contributed by atoms with Gasteiger partial charge in [-0.05, 0) is 31.5 Å². The van der Waals surface area contributed by atoms with E-state index in [1.165, 1.54) is 0 Å². The van der Waals surface area contributed by atoms with Gasteiger partial charge in [0, 0.05) is 6.54 Å². The number of rotatable bonds is 7. The molecule has 0 saturated heterocycles. The van der Waals surface area contributed by atoms with E-state index in [0.717, 1.165) is 19.3 Å². The van der Waals surface area contributed by atoms with E-state index in [-0.39, 0.29) is 5.91 Å². The third kappa shape index (κ3) is 5.10. The lowest BCUT2D eigenvalue weighted by atomic mass is 10.2. The molecule has 5 heteroatoms. The molecule has 0 fully saturated rings. The van der Waals surface area contributed by atoms with Crippen molar-refractivity contribution in [3.63, 3.8) is 0 Å². The zero-order chi connectivity index (χ0) is 15.0. The number of unbranched alkanes of at least 4 members (excludes halogenated alkanes) is 2. The maximum Gasteiger partial charge on any atom is 0.242 e. The summed E-state index contributed by atoms with van der Waals surface area (Å²) in [5.74, 6) is -0.0699. The number of benzene rings is 1. The monoisotopic (exact) mass is 293 g/mol. The highest BCUT2D eigenvalue weighted by atomic mass is 35.5. The number of nitriles is 1. The number of amides is 1. The van der Waals surface area contributed by atoms with Gasteiger partial charge >= 0.3 is 0 Å². The molecule has 0 heterocycles. The molecule has 0 aromatic heterocycles. The Morgan fingerprint density at radius 1 is 1.45 bits per heavy atom. The van der Waals surface area contributed by atoms with E-state index in [2.05, 4.69) is 17.6 Å². The van der Waals surface area contributed by atoms with Gasteiger partial charge in [-0.2, -0.15) is 5.26 Å². The van der Waals surface area contributed by atoms with Crippen LogP contribution in [0.5, 0.6) is 0 Å². The van der Waals surface area contributed by atoms with Gasteiger partial charge in [-0.25, -0.2) is 0 Å². The van der Waals surface area contributed by atoms with E-state index < -0.39 is 6.04 Å². The van der Waals surface area contributed by atoms with Gasteiger partial charge in [0.15, 0.2) is 0 Å². The second-order valence-corrected chi connectivity index (χ2v) is 5.08. The highest BCUT2D eigenvalue weighted by molar-refractivity contribution is 6.33. The third-order valence-electron chi connectivity index (χ3n) is 2.94. The Bertz CT molecular complexity index is 496. The van der Waals surface area contributed by atoms with Crippen LogP contribution in [-0.2, 0) is 4.79 Å². The molecule has 0 saturated carbocycles. The molecule has 1 aromatic rings. The summed E-state index contributed by atoms with van der Waals surface area (Å²) in [5.41, 5.74) is 1.11. The van der Waals surface area contributed by atoms with Crippen LogP contribution in [0.4, 0.5) is 5.69 Å². The van der Waals surface area contributed by atoms with E-state index in [1.54, 1.807) is 25.1 Å². The minimum atomic E-state index is -0.400. The van der Waals surface area contributed by atoms with Crippen molar-refractivity contribution in [1.82, 2.24) is 5.32 Å². The molecular formula is C15H20ClN3O. The third-order valence-corrected chi connectivity index (χ3v) is 3.27. The summed E-state index contributed by atoms with van der Waals surface area (Å²) in [5, 5.41) is 15.3. The molecule has 1 aromatic carbocycles. The summed E-state index contributed by atoms with van der Waals surface area (Å²) in [6.07, 6.45) is 3.22. The van der Waals surface area contributed by atoms with Crippen molar-refractivity contribution < 1.29 is 4.79 Å². The summed E-state index contributed by atoms with van der Waals surface area (Å²) in [6.45, 7) is 4.57. The molecular weight excluding hydrogens is 274 g/mol. The summed E-state index contributed by atoms with van der Waals surface area (Å²) in [4.78, 5) is 11.9. The molecule has 1 unspecified atom stereocenters. The average molecular weight is 294 g/mol. The fourth-order valence-corrected chi connectivity index (χ4v) is 1.92. The molecule has 0 spiro atoms. The fourth-order valence-electron chi connectivity index (χ4n) is 1.74. The lowest BCUT2D eigenvalue weighted by Crippen LogP contribution is -2.38. The van der Waals surface area contributed by atoms with Crippen LogP contribution in [0.25, 0.3) is 0 Å². The number of hydrogen-bond acceptors (Lipinski definition) is 3. The second kappa shape index (κ2) is 8.44. The van der Waals surface area contributed by atoms with E-state index >= 15 is 0 Å². The maximum absolute atomic E-state index is 11.9. The Kier molecular flexibility index (Phi) is 6.89. The molecule has 1 atom stereocenters. The van der Waals surface area contributed by atoms with Gasteiger partial charge < -0.3 is 10.6 Å². The number of halogens is 1. The fraction of sp³-hybridized carbons (Fsp3) is 0.467. The molecule has 0 aliphatic carbocycles. The van der Waals surface area contributed by atoms with Crippen LogP contribution >= 0.6 is 11.6 Å². The van der Waals surface area contributed by atoms with Crippen LogP contribution in [0.3, 0.4) is 0 Å². The first-order chi connectivity index (χ1) is 9.58. The molecule has 0 bridgehead atoms. The maximum atomic E-state index is 11.9. The first-order valence-electron chi connectivity index (χ1n) is 6.82. The van der Waals surface area contributed by atoms with Crippen molar-refractivity contribution in [3.8, 4) is 6.07 Å². The lowest BCUT2D eigenvalue weighted by molar-refractivity contribution is -0.121. The Morgan fingerprint density at radius 3 is 2.85 bits per heavy atom. The van der Waals surface area contributed by atoms with E-state index in [4.69, 9.17) is 16.9 Å². The minimum Gasteiger partial charge on any atom is -0.373 e. The van der Waals surface area contributed by atoms with E-state index in [9.17, 15) is 4.79 Å². The number of carbonyl (C=O) groups excluding carboxylic acids is 1. The van der Waals surface area contributed by atoms with Gasteiger partial charge in [0.05, 0.1) is 22.3 Å². The van der Waals surface area contributed by atoms with Gasteiger partial charge in [0.25, 0.3) is 0 Å². The van der Waals surface area contributed by atoms with Crippen molar-refractivity contribution >= 4 is 23.2 Å². The van der Waals surface area contributed by atoms with Crippen molar-refractivity contribution in [2.45, 2.75) is 39.2 Å². The first-order valence-corrected chi connectivity index (χ1v) is 7.20. The Morgan fingerprint density at radius 2 is 2.20 bits per heavy atom. The van der Waals surface area contributed by atoms with Crippen LogP contribution < -0.4 is 10.6 Å². The number of nitrogens with zero attached hydrogens (tertiary/aromatic N) is 1. The topological polar surface area (TPSA) is 64.9 Å². The van der Waals surface area contributed by atoms with Crippen molar-refractivity contribution in [1.29, 1.82) is 5.26 Å². The van der Waals surface area contributed by atoms with Gasteiger partial charge in [0.2, 0.25) is 5.91 Å². The molecule has 1 rings (SSSR count). The Hall–Kier alpha value is -1.73. The van der Waals surface area contributed by atoms with E-state index in [1.807, 2.05) is 6.07 Å². The van der Waals surface area contributed by atoms with Crippen LogP contribution in [-0.4, -0.2) is 18.5 Å². The van der Waals surface area contributed by atoms with Crippen molar-refractivity contribution in [2.24, 2.45) is 0 Å². The molecule has 4 nitrogen and oxygen atoms in total. The summed E-state index contributed by atoms with van der Waals surface area (Å²) < 4.78 is 0. The molecule has 0 aliphatic rings. The molecule has 108 valence electrons. The molecule has 0 aliphatic heterocycles. The Balaban J connectivity index is 2.55. The average Bonchev–Trinajstić information content (AvgIpc) is 2.45. The summed E-state index contributed by atoms with van der Waals surface area (Å²) in [6, 6.07) is 6.58. The molecule has 0 radical (unpaired) electrons. The SMILES string of the molecule is CCCCCNC(=O)C(C)Nc1cc(C#N)ccc1Cl. The first kappa shape index (κ1) is 16.3. The summed E-state index contributed by atoms with van der Waals surface area (Å²) >= 11 is 6.04. The van der Waals surface area contributed by atoms with Crippen LogP contribution in [0, 0.1) is 11.3 Å². The second-order valence-electron chi connectivity index (χ2n) is 4.67. The normalized spacial score (nSPS) is 11.5. The van der Waals surface area contributed by atoms with Gasteiger partial charge in [0.1, 0.15) is 6.04 Å². The number of nitrogens with one attached hydrogen (secondary N) is 2. The van der Waals surface area contributed by atoms with Gasteiger partial charge in [-0.1, -0.05) is 31.4 Å². The highest BCUT2D eigenvalue weighted by Crippen LogP contribution is 2.23. The highest BCUT2D eigenvalue weighted by Gasteiger charge is 2.13. The van der Waals surface area contributed by atoms with Gasteiger partial charge in [-0.15, -0.1) is 0 Å². The predicted octanol–water partition coefficient (Wildman–Crippen LogP) is 3.32. The van der Waals surface area contributed by atoms with Crippen molar-refractivity contribution in [2.75, 3.05) is 11.9 Å². The molecule has 1 amide bonds. The molecule has 2 N–H and O–H groups in total. The van der Waals surface area contributed by atoms with Gasteiger partial charge in [-0.3, -0.25) is 4.79 Å². The summed E-state index contributed by atoms with van der Waals surface area (Å²) in [7, 11) is 0. The number of carbonyl (C=O) groups is 1. The zero-order valence-corrected chi connectivity index (χ0v) is 12.6. The lowest BCUT2D eigenvalue weighted by Gasteiger charge is -2.16. The minimum absolute atomic E-state index is 0.0699. The Labute approximate surface area is 125 Å². The van der Waals surface area contributed by atoms with Crippen LogP contribution in [0.1, 0.15) is 38.7 Å². The number of hydrogen-bond donors (Lipinski definition) is 2. The quantitative estimate of drug-likeness (QED) is 0.758. The smallest absolute Gasteiger partial charge is 0.242 e. The van der Waals surface area contributed by atoms with E-state index in [0.29, 0.717) is 22.8 Å². The molecule has 20 heavy (non-hydrogen) atoms. The van der Waals surface area contributed by atoms with Crippen molar-refractivity contribution in [3.05, 3.63) is 28.8 Å². The standard InChI is InChI=1S/C15H20ClN3O/c1-3-4-5-8-18-15(20)11(2)19-14-9-12(10-17)6-7-13(14)16/h6-7,9,11,19H,3-5,8H2,1-2H3,(H,18,20). The van der Waals surface area contributed by atoms with Crippen LogP contribution in [0.2, 0.25) is 5.02 Å². The predicted molar refractivity (Wildman–Crippen MR) is 81.8 cm³/mol. The number of anilines is 1.